The van der Waals surface area contributed by atoms with Gasteiger partial charge in [0.25, 0.3) is 10.1 Å². The second kappa shape index (κ2) is 10.1. The highest BCUT2D eigenvalue weighted by atomic mass is 32.2. The fourth-order valence-electron chi connectivity index (χ4n) is 9.25. The molecule has 4 N–H and O–H groups in total. The number of hydrogen-bond acceptors (Lipinski definition) is 6. The molecule has 0 aromatic rings. The second-order valence-corrected chi connectivity index (χ2v) is 14.7. The van der Waals surface area contributed by atoms with E-state index in [1.54, 1.807) is 7.05 Å². The fourth-order valence-corrected chi connectivity index (χ4v) is 9.76. The number of carbonyl (C=O) groups is 1. The predicted octanol–water partition coefficient (Wildman–Crippen LogP) is 2.71. The van der Waals surface area contributed by atoms with Crippen LogP contribution >= 0.6 is 0 Å². The summed E-state index contributed by atoms with van der Waals surface area (Å²) in [5.74, 6) is 0.817. The summed E-state index contributed by atoms with van der Waals surface area (Å²) in [6, 6.07) is 0. The molecule has 9 heteroatoms. The lowest BCUT2D eigenvalue weighted by Crippen LogP contribution is -2.62. The standard InChI is InChI=1S/C27H47NO7S/c1-16(5-8-24(32)28(4)11-12-36(33,34)35)19-6-7-20-25-21(15-23(31)27(19,20)3)26(2)10-9-18(29)13-17(26)14-22(25)30/h16-23,25,29-31H,5-15H2,1-4H3,(H,33,34,35)/t16-,17+,18-,19-,20+,21+,22-,23+,25+,26+,27-/m1/s1. The molecule has 0 saturated heterocycles. The van der Waals surface area contributed by atoms with E-state index >= 15 is 0 Å². The van der Waals surface area contributed by atoms with Gasteiger partial charge in [-0.3, -0.25) is 9.35 Å². The van der Waals surface area contributed by atoms with Gasteiger partial charge in [-0.15, -0.1) is 0 Å². The van der Waals surface area contributed by atoms with E-state index in [0.29, 0.717) is 25.2 Å². The first kappa shape index (κ1) is 28.3. The highest BCUT2D eigenvalue weighted by molar-refractivity contribution is 7.85. The molecule has 1 amide bonds. The molecule has 0 radical (unpaired) electrons. The Labute approximate surface area is 216 Å². The van der Waals surface area contributed by atoms with Gasteiger partial charge in [-0.05, 0) is 97.7 Å². The summed E-state index contributed by atoms with van der Waals surface area (Å²) in [6.45, 7) is 6.66. The quantitative estimate of drug-likeness (QED) is 0.372. The van der Waals surface area contributed by atoms with Crippen molar-refractivity contribution < 1.29 is 33.1 Å². The molecular weight excluding hydrogens is 482 g/mol. The first-order valence-electron chi connectivity index (χ1n) is 13.9. The Morgan fingerprint density at radius 1 is 1.06 bits per heavy atom. The lowest BCUT2D eigenvalue weighted by Gasteiger charge is -2.63. The van der Waals surface area contributed by atoms with E-state index in [-0.39, 0.29) is 59.0 Å². The Kier molecular flexibility index (Phi) is 7.93. The molecule has 4 rings (SSSR count). The van der Waals surface area contributed by atoms with E-state index < -0.39 is 28.1 Å². The van der Waals surface area contributed by atoms with Crippen LogP contribution in [0.1, 0.15) is 78.6 Å². The normalized spacial score (nSPS) is 45.3. The number of fused-ring (bicyclic) bond motifs is 5. The van der Waals surface area contributed by atoms with Crippen LogP contribution in [-0.2, 0) is 14.9 Å². The molecule has 36 heavy (non-hydrogen) atoms. The molecule has 4 fully saturated rings. The molecule has 8 nitrogen and oxygen atoms in total. The zero-order valence-electron chi connectivity index (χ0n) is 22.3. The minimum Gasteiger partial charge on any atom is -0.393 e. The number of aliphatic hydroxyl groups is 3. The number of hydrogen-bond donors (Lipinski definition) is 4. The third kappa shape index (κ3) is 4.99. The van der Waals surface area contributed by atoms with Gasteiger partial charge in [-0.1, -0.05) is 20.8 Å². The number of rotatable bonds is 7. The van der Waals surface area contributed by atoms with Crippen molar-refractivity contribution in [3.05, 3.63) is 0 Å². The first-order chi connectivity index (χ1) is 16.7. The van der Waals surface area contributed by atoms with Gasteiger partial charge in [-0.2, -0.15) is 8.42 Å². The predicted molar refractivity (Wildman–Crippen MR) is 136 cm³/mol. The van der Waals surface area contributed by atoms with Crippen molar-refractivity contribution in [1.29, 1.82) is 0 Å². The van der Waals surface area contributed by atoms with E-state index in [2.05, 4.69) is 20.8 Å². The van der Waals surface area contributed by atoms with E-state index in [0.717, 1.165) is 38.5 Å². The highest BCUT2D eigenvalue weighted by Gasteiger charge is 2.65. The number of nitrogens with zero attached hydrogens (tertiary/aromatic N) is 1. The minimum atomic E-state index is -4.11. The van der Waals surface area contributed by atoms with Crippen molar-refractivity contribution in [3.8, 4) is 0 Å². The van der Waals surface area contributed by atoms with Gasteiger partial charge >= 0.3 is 0 Å². The van der Waals surface area contributed by atoms with Crippen LogP contribution in [-0.4, -0.2) is 76.8 Å². The van der Waals surface area contributed by atoms with E-state index in [1.165, 1.54) is 4.90 Å². The molecule has 0 bridgehead atoms. The van der Waals surface area contributed by atoms with Crippen molar-refractivity contribution in [2.45, 2.75) is 96.9 Å². The third-order valence-electron chi connectivity index (χ3n) is 11.4. The van der Waals surface area contributed by atoms with Crippen molar-refractivity contribution >= 4 is 16.0 Å². The van der Waals surface area contributed by atoms with Gasteiger partial charge in [0.15, 0.2) is 0 Å². The zero-order valence-corrected chi connectivity index (χ0v) is 23.2. The molecule has 4 aliphatic carbocycles. The molecular formula is C27H47NO7S. The molecule has 11 atom stereocenters. The van der Waals surface area contributed by atoms with Crippen molar-refractivity contribution in [2.24, 2.45) is 46.3 Å². The molecule has 0 spiro atoms. The molecule has 4 saturated carbocycles. The largest absolute Gasteiger partial charge is 0.393 e. The average molecular weight is 530 g/mol. The summed E-state index contributed by atoms with van der Waals surface area (Å²) in [6.07, 6.45) is 5.71. The number of aliphatic hydroxyl groups excluding tert-OH is 3. The van der Waals surface area contributed by atoms with E-state index in [4.69, 9.17) is 4.55 Å². The van der Waals surface area contributed by atoms with Crippen LogP contribution in [0.15, 0.2) is 0 Å². The van der Waals surface area contributed by atoms with Gasteiger partial charge in [-0.25, -0.2) is 0 Å². The van der Waals surface area contributed by atoms with Crippen LogP contribution < -0.4 is 0 Å². The number of amides is 1. The van der Waals surface area contributed by atoms with Gasteiger partial charge in [0, 0.05) is 20.0 Å². The van der Waals surface area contributed by atoms with Crippen LogP contribution in [0.2, 0.25) is 0 Å². The smallest absolute Gasteiger partial charge is 0.266 e. The maximum Gasteiger partial charge on any atom is 0.266 e. The molecule has 4 aliphatic rings. The van der Waals surface area contributed by atoms with Crippen LogP contribution in [0.3, 0.4) is 0 Å². The minimum absolute atomic E-state index is 0.0360. The van der Waals surface area contributed by atoms with E-state index in [9.17, 15) is 28.5 Å². The molecule has 208 valence electrons. The summed E-state index contributed by atoms with van der Waals surface area (Å²) in [5, 5.41) is 33.3. The maximum atomic E-state index is 12.6. The second-order valence-electron chi connectivity index (χ2n) is 13.1. The molecule has 0 heterocycles. The highest BCUT2D eigenvalue weighted by Crippen LogP contribution is 2.68. The Hall–Kier alpha value is -0.740. The summed E-state index contributed by atoms with van der Waals surface area (Å²) in [5.41, 5.74) is -0.257. The summed E-state index contributed by atoms with van der Waals surface area (Å²) < 4.78 is 30.9. The number of carbonyl (C=O) groups excluding carboxylic acids is 1. The van der Waals surface area contributed by atoms with Gasteiger partial charge in [0.2, 0.25) is 5.91 Å². The average Bonchev–Trinajstić information content (AvgIpc) is 3.15. The van der Waals surface area contributed by atoms with Crippen LogP contribution in [0, 0.1) is 46.3 Å². The van der Waals surface area contributed by atoms with Crippen molar-refractivity contribution in [1.82, 2.24) is 4.90 Å². The third-order valence-corrected chi connectivity index (χ3v) is 12.1. The molecule has 0 unspecified atom stereocenters. The summed E-state index contributed by atoms with van der Waals surface area (Å²) >= 11 is 0. The Bertz CT molecular complexity index is 927. The SMILES string of the molecule is C[C@H](CCC(=O)N(C)CCS(=O)(=O)O)[C@H]1CC[C@H]2[C@@H]3[C@H](O)C[C@@H]4C[C@H](O)CC[C@]4(C)[C@H]3C[C@H](O)[C@]12C. The van der Waals surface area contributed by atoms with Crippen LogP contribution in [0.5, 0.6) is 0 Å². The zero-order chi connectivity index (χ0) is 26.6. The van der Waals surface area contributed by atoms with Crippen LogP contribution in [0.4, 0.5) is 0 Å². The Morgan fingerprint density at radius 2 is 1.75 bits per heavy atom. The maximum absolute atomic E-state index is 12.6. The van der Waals surface area contributed by atoms with Crippen molar-refractivity contribution in [3.63, 3.8) is 0 Å². The molecule has 0 aromatic heterocycles. The Balaban J connectivity index is 1.44. The summed E-state index contributed by atoms with van der Waals surface area (Å²) in [4.78, 5) is 13.9. The van der Waals surface area contributed by atoms with Crippen molar-refractivity contribution in [2.75, 3.05) is 19.3 Å². The molecule has 0 aromatic carbocycles. The van der Waals surface area contributed by atoms with Gasteiger partial charge < -0.3 is 20.2 Å². The van der Waals surface area contributed by atoms with Gasteiger partial charge in [0.05, 0.1) is 24.1 Å². The lowest BCUT2D eigenvalue weighted by molar-refractivity contribution is -0.207. The Morgan fingerprint density at radius 3 is 2.42 bits per heavy atom. The fraction of sp³-hybridized carbons (Fsp3) is 0.963. The first-order valence-corrected chi connectivity index (χ1v) is 15.5. The monoisotopic (exact) mass is 529 g/mol. The topological polar surface area (TPSA) is 135 Å². The summed E-state index contributed by atoms with van der Waals surface area (Å²) in [7, 11) is -2.55. The van der Waals surface area contributed by atoms with Gasteiger partial charge in [0.1, 0.15) is 0 Å². The van der Waals surface area contributed by atoms with E-state index in [1.807, 2.05) is 0 Å². The lowest BCUT2D eigenvalue weighted by atomic mass is 9.43. The molecule has 0 aliphatic heterocycles. The van der Waals surface area contributed by atoms with Crippen LogP contribution in [0.25, 0.3) is 0 Å².